The summed E-state index contributed by atoms with van der Waals surface area (Å²) in [7, 11) is 0. The van der Waals surface area contributed by atoms with Gasteiger partial charge in [-0.25, -0.2) is 4.79 Å². The number of benzene rings is 1. The summed E-state index contributed by atoms with van der Waals surface area (Å²) in [5.41, 5.74) is 0.330. The average molecular weight is 406 g/mol. The van der Waals surface area contributed by atoms with Gasteiger partial charge in [0.15, 0.2) is 0 Å². The van der Waals surface area contributed by atoms with Gasteiger partial charge in [-0.3, -0.25) is 9.63 Å². The van der Waals surface area contributed by atoms with Gasteiger partial charge in [0.1, 0.15) is 18.0 Å². The molecule has 1 atom stereocenters. The Bertz CT molecular complexity index is 595. The second-order valence-electron chi connectivity index (χ2n) is 8.52. The molecule has 1 rings (SSSR count). The maximum atomic E-state index is 12.9. The molecule has 0 aliphatic heterocycles. The van der Waals surface area contributed by atoms with E-state index in [9.17, 15) is 9.59 Å². The fraction of sp³-hybridized carbons (Fsp3) is 0.667. The Labute approximate surface area is 176 Å². The van der Waals surface area contributed by atoms with Crippen LogP contribution < -0.4 is 0 Å². The van der Waals surface area contributed by atoms with Crippen molar-refractivity contribution >= 4 is 11.9 Å². The largest absolute Gasteiger partial charge is 0.442 e. The molecule has 0 aromatic heterocycles. The van der Waals surface area contributed by atoms with Crippen molar-refractivity contribution in [1.29, 1.82) is 0 Å². The Morgan fingerprint density at radius 3 is 2.24 bits per heavy atom. The van der Waals surface area contributed by atoms with Crippen molar-refractivity contribution in [3.05, 3.63) is 35.9 Å². The minimum atomic E-state index is -0.633. The number of carbonyl (C=O) groups excluding carboxylic acids is 2. The first-order valence-corrected chi connectivity index (χ1v) is 11.0. The normalized spacial score (nSPS) is 12.4. The van der Waals surface area contributed by atoms with Crippen LogP contribution in [0.3, 0.4) is 0 Å². The molecule has 0 aliphatic carbocycles. The Hall–Kier alpha value is -1.88. The molecular formula is C24H39NO4. The lowest BCUT2D eigenvalue weighted by Crippen LogP contribution is -2.44. The van der Waals surface area contributed by atoms with E-state index in [2.05, 4.69) is 6.92 Å². The van der Waals surface area contributed by atoms with Crippen molar-refractivity contribution in [2.45, 2.75) is 104 Å². The highest BCUT2D eigenvalue weighted by Crippen LogP contribution is 2.21. The average Bonchev–Trinajstić information content (AvgIpc) is 2.67. The van der Waals surface area contributed by atoms with Gasteiger partial charge >= 0.3 is 6.09 Å². The van der Waals surface area contributed by atoms with Gasteiger partial charge in [0.25, 0.3) is 0 Å². The lowest BCUT2D eigenvalue weighted by atomic mass is 10.0. The molecule has 1 amide bonds. The highest BCUT2D eigenvalue weighted by Gasteiger charge is 2.30. The Balaban J connectivity index is 2.91. The van der Waals surface area contributed by atoms with Crippen molar-refractivity contribution < 1.29 is 19.2 Å². The molecule has 0 unspecified atom stereocenters. The monoisotopic (exact) mass is 405 g/mol. The van der Waals surface area contributed by atoms with E-state index >= 15 is 0 Å². The molecule has 0 N–H and O–H groups in total. The molecule has 0 saturated heterocycles. The van der Waals surface area contributed by atoms with Crippen LogP contribution in [-0.2, 0) is 21.0 Å². The number of ketones is 1. The summed E-state index contributed by atoms with van der Waals surface area (Å²) < 4.78 is 5.58. The number of Topliss-reactive ketones (excluding diaryl/α,β-unsaturated/α-hetero) is 1. The van der Waals surface area contributed by atoms with Crippen LogP contribution in [0.25, 0.3) is 0 Å². The third-order valence-corrected chi connectivity index (χ3v) is 4.62. The fourth-order valence-electron chi connectivity index (χ4n) is 3.03. The molecule has 0 radical (unpaired) electrons. The number of unbranched alkanes of at least 4 members (excludes halogenated alkanes) is 4. The van der Waals surface area contributed by atoms with Crippen molar-refractivity contribution in [2.75, 3.05) is 0 Å². The third-order valence-electron chi connectivity index (χ3n) is 4.62. The Morgan fingerprint density at radius 2 is 1.66 bits per heavy atom. The molecule has 1 aromatic rings. The second-order valence-corrected chi connectivity index (χ2v) is 8.52. The summed E-state index contributed by atoms with van der Waals surface area (Å²) in [6, 6.07) is 9.38. The topological polar surface area (TPSA) is 55.8 Å². The molecule has 5 nitrogen and oxygen atoms in total. The van der Waals surface area contributed by atoms with Crippen LogP contribution in [0.5, 0.6) is 0 Å². The zero-order chi connectivity index (χ0) is 21.7. The van der Waals surface area contributed by atoms with E-state index < -0.39 is 11.7 Å². The summed E-state index contributed by atoms with van der Waals surface area (Å²) in [4.78, 5) is 31.0. The predicted octanol–water partition coefficient (Wildman–Crippen LogP) is 6.45. The van der Waals surface area contributed by atoms with Crippen LogP contribution in [0.15, 0.2) is 30.3 Å². The van der Waals surface area contributed by atoms with Crippen LogP contribution in [-0.4, -0.2) is 28.6 Å². The van der Waals surface area contributed by atoms with E-state index in [1.807, 2.05) is 58.0 Å². The van der Waals surface area contributed by atoms with Crippen molar-refractivity contribution in [1.82, 2.24) is 5.06 Å². The summed E-state index contributed by atoms with van der Waals surface area (Å²) in [6.07, 6.45) is 6.54. The first kappa shape index (κ1) is 25.2. The zero-order valence-corrected chi connectivity index (χ0v) is 18.9. The first-order valence-electron chi connectivity index (χ1n) is 11.0. The molecule has 0 fully saturated rings. The zero-order valence-electron chi connectivity index (χ0n) is 18.9. The number of hydrogen-bond acceptors (Lipinski definition) is 4. The SMILES string of the molecule is CCCCCCC[C@H](CC(=O)CC)N(OCc1ccccc1)C(=O)OC(C)(C)C. The number of ether oxygens (including phenoxy) is 1. The van der Waals surface area contributed by atoms with E-state index in [1.165, 1.54) is 24.3 Å². The maximum Gasteiger partial charge on any atom is 0.434 e. The number of carbonyl (C=O) groups is 2. The van der Waals surface area contributed by atoms with E-state index in [1.54, 1.807) is 0 Å². The van der Waals surface area contributed by atoms with Gasteiger partial charge in [-0.2, -0.15) is 5.06 Å². The minimum Gasteiger partial charge on any atom is -0.442 e. The van der Waals surface area contributed by atoms with Crippen LogP contribution in [0.4, 0.5) is 4.79 Å². The minimum absolute atomic E-state index is 0.125. The summed E-state index contributed by atoms with van der Waals surface area (Å²) in [5, 5.41) is 1.31. The summed E-state index contributed by atoms with van der Waals surface area (Å²) >= 11 is 0. The van der Waals surface area contributed by atoms with Crippen molar-refractivity contribution in [3.63, 3.8) is 0 Å². The molecule has 5 heteroatoms. The predicted molar refractivity (Wildman–Crippen MR) is 116 cm³/mol. The van der Waals surface area contributed by atoms with Crippen LogP contribution >= 0.6 is 0 Å². The molecule has 0 heterocycles. The van der Waals surface area contributed by atoms with Gasteiger partial charge in [0.05, 0.1) is 6.04 Å². The lowest BCUT2D eigenvalue weighted by Gasteiger charge is -2.32. The molecule has 1 aromatic carbocycles. The smallest absolute Gasteiger partial charge is 0.434 e. The van der Waals surface area contributed by atoms with E-state index in [0.29, 0.717) is 6.42 Å². The summed E-state index contributed by atoms with van der Waals surface area (Å²) in [5.74, 6) is 0.125. The van der Waals surface area contributed by atoms with Gasteiger partial charge < -0.3 is 4.74 Å². The molecule has 0 saturated carbocycles. The molecule has 29 heavy (non-hydrogen) atoms. The molecule has 0 spiro atoms. The van der Waals surface area contributed by atoms with E-state index in [0.717, 1.165) is 24.8 Å². The standard InChI is InChI=1S/C24H39NO4/c1-6-8-9-10-14-17-21(18-22(26)7-2)25(23(27)29-24(3,4)5)28-19-20-15-12-11-13-16-20/h11-13,15-16,21H,6-10,14,17-19H2,1-5H3/t21-/m1/s1. The first-order chi connectivity index (χ1) is 13.8. The quantitative estimate of drug-likeness (QED) is 0.279. The molecule has 164 valence electrons. The highest BCUT2D eigenvalue weighted by atomic mass is 16.7. The van der Waals surface area contributed by atoms with Crippen LogP contribution in [0.2, 0.25) is 0 Å². The van der Waals surface area contributed by atoms with E-state index in [4.69, 9.17) is 9.57 Å². The molecule has 0 aliphatic rings. The van der Waals surface area contributed by atoms with Gasteiger partial charge in [0.2, 0.25) is 0 Å². The third kappa shape index (κ3) is 11.0. The van der Waals surface area contributed by atoms with Crippen LogP contribution in [0.1, 0.15) is 91.5 Å². The number of hydrogen-bond donors (Lipinski definition) is 0. The number of hydroxylamine groups is 2. The molecular weight excluding hydrogens is 366 g/mol. The number of amides is 1. The van der Waals surface area contributed by atoms with Crippen molar-refractivity contribution in [3.8, 4) is 0 Å². The van der Waals surface area contributed by atoms with Gasteiger partial charge in [-0.1, -0.05) is 76.3 Å². The fourth-order valence-corrected chi connectivity index (χ4v) is 3.03. The number of nitrogens with zero attached hydrogens (tertiary/aromatic N) is 1. The van der Waals surface area contributed by atoms with Gasteiger partial charge in [0, 0.05) is 12.8 Å². The van der Waals surface area contributed by atoms with Gasteiger partial charge in [-0.05, 0) is 32.8 Å². The van der Waals surface area contributed by atoms with Crippen LogP contribution in [0, 0.1) is 0 Å². The highest BCUT2D eigenvalue weighted by molar-refractivity contribution is 5.79. The lowest BCUT2D eigenvalue weighted by molar-refractivity contribution is -0.182. The van der Waals surface area contributed by atoms with E-state index in [-0.39, 0.29) is 24.9 Å². The maximum absolute atomic E-state index is 12.9. The van der Waals surface area contributed by atoms with Gasteiger partial charge in [-0.15, -0.1) is 0 Å². The Kier molecular flexibility index (Phi) is 11.6. The number of rotatable bonds is 13. The second kappa shape index (κ2) is 13.4. The Morgan fingerprint density at radius 1 is 1.00 bits per heavy atom. The van der Waals surface area contributed by atoms with Crippen molar-refractivity contribution in [2.24, 2.45) is 0 Å². The summed E-state index contributed by atoms with van der Waals surface area (Å²) in [6.45, 7) is 9.78. The molecule has 0 bridgehead atoms.